The Morgan fingerprint density at radius 2 is 0.967 bits per heavy atom. The first-order valence-corrected chi connectivity index (χ1v) is 14.0. The molecule has 0 aromatic heterocycles. The van der Waals surface area contributed by atoms with Crippen LogP contribution in [0.5, 0.6) is 0 Å². The predicted octanol–water partition coefficient (Wildman–Crippen LogP) is 4.11. The van der Waals surface area contributed by atoms with Gasteiger partial charge in [0.1, 0.15) is 0 Å². The minimum Gasteiger partial charge on any atom is -0.748 e. The molecule has 0 radical (unpaired) electrons. The van der Waals surface area contributed by atoms with Gasteiger partial charge >= 0.3 is 29.6 Å². The summed E-state index contributed by atoms with van der Waals surface area (Å²) < 4.78 is 34.4. The van der Waals surface area contributed by atoms with E-state index in [1.165, 1.54) is 70.6 Å². The molecule has 0 aromatic carbocycles. The van der Waals surface area contributed by atoms with Crippen molar-refractivity contribution < 1.29 is 47.6 Å². The van der Waals surface area contributed by atoms with Gasteiger partial charge in [-0.2, -0.15) is 0 Å². The fraction of sp³-hybridized carbons (Fsp3) is 1.00. The van der Waals surface area contributed by atoms with Crippen LogP contribution >= 0.6 is 0 Å². The predicted molar refractivity (Wildman–Crippen MR) is 123 cm³/mol. The van der Waals surface area contributed by atoms with Gasteiger partial charge in [-0.3, -0.25) is 0 Å². The Labute approximate surface area is 210 Å². The van der Waals surface area contributed by atoms with E-state index in [9.17, 15) is 18.1 Å². The molecule has 0 heterocycles. The molecule has 0 fully saturated rings. The fourth-order valence-electron chi connectivity index (χ4n) is 3.96. The van der Waals surface area contributed by atoms with Crippen molar-refractivity contribution in [1.29, 1.82) is 0 Å². The Morgan fingerprint density at radius 1 is 0.633 bits per heavy atom. The Morgan fingerprint density at radius 3 is 1.33 bits per heavy atom. The van der Waals surface area contributed by atoms with E-state index < -0.39 is 15.4 Å². The van der Waals surface area contributed by atoms with Crippen molar-refractivity contribution >= 4 is 10.1 Å². The summed E-state index contributed by atoms with van der Waals surface area (Å²) in [4.78, 5) is 0. The maximum absolute atomic E-state index is 11.5. The van der Waals surface area contributed by atoms with E-state index in [1.54, 1.807) is 0 Å². The van der Waals surface area contributed by atoms with E-state index in [1.807, 2.05) is 6.92 Å². The van der Waals surface area contributed by atoms with Gasteiger partial charge in [0, 0.05) is 5.25 Å². The van der Waals surface area contributed by atoms with Crippen molar-refractivity contribution in [1.82, 2.24) is 0 Å². The first kappa shape index (κ1) is 33.0. The second-order valence-electron chi connectivity index (χ2n) is 8.85. The molecular weight excluding hydrogens is 407 g/mol. The van der Waals surface area contributed by atoms with Crippen molar-refractivity contribution in [3.05, 3.63) is 0 Å². The standard InChI is InChI=1S/C24H50O4S.Na/c1-3-5-6-7-8-9-10-11-12-13-14-15-16-17-21-24(29(26,27)28)22-19-18-20-23(25)4-2;/h23-25H,3-22H2,1-2H3,(H,26,27,28);/q;+1/p-1. The van der Waals surface area contributed by atoms with Crippen molar-refractivity contribution in [2.24, 2.45) is 0 Å². The van der Waals surface area contributed by atoms with E-state index in [-0.39, 0.29) is 35.7 Å². The summed E-state index contributed by atoms with van der Waals surface area (Å²) in [7, 11) is -4.20. The molecule has 0 rings (SSSR count). The first-order valence-electron chi connectivity index (χ1n) is 12.5. The van der Waals surface area contributed by atoms with Crippen LogP contribution in [0.4, 0.5) is 0 Å². The average Bonchev–Trinajstić information content (AvgIpc) is 2.68. The van der Waals surface area contributed by atoms with Crippen molar-refractivity contribution in [2.75, 3.05) is 0 Å². The number of rotatable bonds is 22. The van der Waals surface area contributed by atoms with Crippen LogP contribution in [-0.2, 0) is 10.1 Å². The number of aliphatic hydroxyl groups is 1. The third-order valence-electron chi connectivity index (χ3n) is 6.07. The largest absolute Gasteiger partial charge is 1.00 e. The Hall–Kier alpha value is 0.870. The topological polar surface area (TPSA) is 77.4 Å². The van der Waals surface area contributed by atoms with Crippen LogP contribution in [0.1, 0.15) is 142 Å². The quantitative estimate of drug-likeness (QED) is 0.151. The summed E-state index contributed by atoms with van der Waals surface area (Å²) in [5, 5.41) is 8.81. The third-order valence-corrected chi connectivity index (χ3v) is 7.36. The molecule has 0 spiro atoms. The number of hydrogen-bond donors (Lipinski definition) is 1. The second-order valence-corrected chi connectivity index (χ2v) is 10.5. The molecule has 0 aliphatic carbocycles. The number of hydrogen-bond acceptors (Lipinski definition) is 4. The summed E-state index contributed by atoms with van der Waals surface area (Å²) in [5.41, 5.74) is 0. The normalized spacial score (nSPS) is 13.7. The summed E-state index contributed by atoms with van der Waals surface area (Å²) in [6.45, 7) is 4.19. The Kier molecular flexibility index (Phi) is 25.4. The van der Waals surface area contributed by atoms with Crippen molar-refractivity contribution in [3.8, 4) is 0 Å². The SMILES string of the molecule is CCCCCCCCCCCCCCCCC(CCCCC(O)CC)S(=O)(=O)[O-].[Na+]. The van der Waals surface area contributed by atoms with Gasteiger partial charge in [-0.25, -0.2) is 8.42 Å². The average molecular weight is 457 g/mol. The summed E-state index contributed by atoms with van der Waals surface area (Å²) in [6.07, 6.45) is 21.4. The van der Waals surface area contributed by atoms with Gasteiger partial charge < -0.3 is 9.66 Å². The molecule has 0 saturated carbocycles. The maximum Gasteiger partial charge on any atom is 1.00 e. The van der Waals surface area contributed by atoms with Crippen LogP contribution in [0.3, 0.4) is 0 Å². The Balaban J connectivity index is 0. The first-order chi connectivity index (χ1) is 13.9. The van der Waals surface area contributed by atoms with Gasteiger partial charge in [-0.15, -0.1) is 0 Å². The van der Waals surface area contributed by atoms with Gasteiger partial charge in [-0.05, 0) is 25.7 Å². The number of aliphatic hydroxyl groups excluding tert-OH is 1. The fourth-order valence-corrected chi connectivity index (χ4v) is 4.87. The molecule has 176 valence electrons. The molecular formula is C24H49NaO4S. The smallest absolute Gasteiger partial charge is 0.748 e. The minimum atomic E-state index is -4.20. The molecule has 0 saturated heterocycles. The molecule has 0 aliphatic heterocycles. The van der Waals surface area contributed by atoms with Crippen molar-refractivity contribution in [2.45, 2.75) is 154 Å². The van der Waals surface area contributed by atoms with E-state index in [0.717, 1.165) is 32.1 Å². The van der Waals surface area contributed by atoms with Crippen LogP contribution in [0.25, 0.3) is 0 Å². The van der Waals surface area contributed by atoms with Crippen LogP contribution < -0.4 is 29.6 Å². The van der Waals surface area contributed by atoms with Crippen molar-refractivity contribution in [3.63, 3.8) is 0 Å². The zero-order valence-corrected chi connectivity index (χ0v) is 23.2. The molecule has 0 aliphatic rings. The Bertz CT molecular complexity index is 442. The van der Waals surface area contributed by atoms with Gasteiger partial charge in [-0.1, -0.05) is 117 Å². The molecule has 1 N–H and O–H groups in total. The molecule has 0 bridgehead atoms. The van der Waals surface area contributed by atoms with Crippen LogP contribution in [0.2, 0.25) is 0 Å². The number of unbranched alkanes of at least 4 members (excludes halogenated alkanes) is 14. The third kappa shape index (κ3) is 22.1. The molecule has 6 heteroatoms. The summed E-state index contributed by atoms with van der Waals surface area (Å²) >= 11 is 0. The van der Waals surface area contributed by atoms with Crippen LogP contribution in [-0.4, -0.2) is 29.4 Å². The van der Waals surface area contributed by atoms with E-state index in [0.29, 0.717) is 25.7 Å². The summed E-state index contributed by atoms with van der Waals surface area (Å²) in [6, 6.07) is 0. The van der Waals surface area contributed by atoms with Crippen LogP contribution in [0.15, 0.2) is 0 Å². The zero-order valence-electron chi connectivity index (χ0n) is 20.4. The molecule has 0 amide bonds. The second kappa shape index (κ2) is 23.0. The van der Waals surface area contributed by atoms with Gasteiger partial charge in [0.2, 0.25) is 0 Å². The van der Waals surface area contributed by atoms with Gasteiger partial charge in [0.25, 0.3) is 0 Å². The maximum atomic E-state index is 11.5. The molecule has 0 aromatic rings. The van der Waals surface area contributed by atoms with E-state index in [4.69, 9.17) is 0 Å². The van der Waals surface area contributed by atoms with E-state index >= 15 is 0 Å². The van der Waals surface area contributed by atoms with Gasteiger partial charge in [0.05, 0.1) is 16.2 Å². The molecule has 4 nitrogen and oxygen atoms in total. The minimum absolute atomic E-state index is 0. The molecule has 2 atom stereocenters. The van der Waals surface area contributed by atoms with E-state index in [2.05, 4.69) is 6.92 Å². The zero-order chi connectivity index (χ0) is 21.8. The van der Waals surface area contributed by atoms with Gasteiger partial charge in [0.15, 0.2) is 0 Å². The summed E-state index contributed by atoms with van der Waals surface area (Å²) in [5.74, 6) is 0. The molecule has 30 heavy (non-hydrogen) atoms. The monoisotopic (exact) mass is 456 g/mol. The molecule has 2 unspecified atom stereocenters. The van der Waals surface area contributed by atoms with Crippen LogP contribution in [0, 0.1) is 0 Å².